The first-order valence-corrected chi connectivity index (χ1v) is 7.72. The fourth-order valence-electron chi connectivity index (χ4n) is 3.27. The monoisotopic (exact) mass is 281 g/mol. The van der Waals surface area contributed by atoms with Crippen molar-refractivity contribution in [3.63, 3.8) is 0 Å². The van der Waals surface area contributed by atoms with Crippen LogP contribution in [0.1, 0.15) is 56.7 Å². The minimum Gasteiger partial charge on any atom is -0.310 e. The van der Waals surface area contributed by atoms with Gasteiger partial charge in [-0.1, -0.05) is 38.8 Å². The maximum Gasteiger partial charge on any atom is 0.163 e. The minimum absolute atomic E-state index is 0.0670. The molecular formula is C17H25F2N. The van der Waals surface area contributed by atoms with Gasteiger partial charge in [0.25, 0.3) is 0 Å². The summed E-state index contributed by atoms with van der Waals surface area (Å²) in [5, 5.41) is 3.36. The number of halogens is 2. The molecule has 0 amide bonds. The van der Waals surface area contributed by atoms with E-state index >= 15 is 0 Å². The molecule has 1 saturated carbocycles. The third-order valence-corrected chi connectivity index (χ3v) is 4.60. The van der Waals surface area contributed by atoms with E-state index in [-0.39, 0.29) is 6.04 Å². The SMILES string of the molecule is CCNC(c1ccc(C)c(F)c1F)C1CCC(C)CC1. The molecule has 1 aliphatic carbocycles. The van der Waals surface area contributed by atoms with Crippen molar-refractivity contribution in [2.24, 2.45) is 11.8 Å². The highest BCUT2D eigenvalue weighted by atomic mass is 19.2. The molecule has 1 aromatic carbocycles. The average molecular weight is 281 g/mol. The zero-order valence-electron chi connectivity index (χ0n) is 12.7. The number of hydrogen-bond acceptors (Lipinski definition) is 1. The van der Waals surface area contributed by atoms with E-state index in [0.717, 1.165) is 25.3 Å². The normalized spacial score (nSPS) is 24.6. The standard InChI is InChI=1S/C17H25F2N/c1-4-20-17(13-8-5-11(2)6-9-13)14-10-7-12(3)15(18)16(14)19/h7,10-11,13,17,20H,4-6,8-9H2,1-3H3. The Morgan fingerprint density at radius 3 is 2.40 bits per heavy atom. The quantitative estimate of drug-likeness (QED) is 0.839. The molecule has 20 heavy (non-hydrogen) atoms. The van der Waals surface area contributed by atoms with Crippen LogP contribution in [0.25, 0.3) is 0 Å². The van der Waals surface area contributed by atoms with Gasteiger partial charge in [-0.25, -0.2) is 8.78 Å². The van der Waals surface area contributed by atoms with E-state index in [0.29, 0.717) is 17.0 Å². The first kappa shape index (κ1) is 15.4. The Hall–Kier alpha value is -0.960. The van der Waals surface area contributed by atoms with Crippen molar-refractivity contribution < 1.29 is 8.78 Å². The van der Waals surface area contributed by atoms with Gasteiger partial charge in [-0.3, -0.25) is 0 Å². The molecule has 0 bridgehead atoms. The van der Waals surface area contributed by atoms with Crippen molar-refractivity contribution in [3.05, 3.63) is 34.9 Å². The molecular weight excluding hydrogens is 256 g/mol. The summed E-state index contributed by atoms with van der Waals surface area (Å²) in [4.78, 5) is 0. The van der Waals surface area contributed by atoms with Gasteiger partial charge < -0.3 is 5.32 Å². The maximum atomic E-state index is 14.3. The van der Waals surface area contributed by atoms with Crippen molar-refractivity contribution in [1.29, 1.82) is 0 Å². The van der Waals surface area contributed by atoms with Crippen molar-refractivity contribution in [2.75, 3.05) is 6.54 Å². The van der Waals surface area contributed by atoms with Crippen LogP contribution in [0.3, 0.4) is 0 Å². The molecule has 0 radical (unpaired) electrons. The summed E-state index contributed by atoms with van der Waals surface area (Å²) in [6, 6.07) is 3.37. The third-order valence-electron chi connectivity index (χ3n) is 4.60. The number of nitrogens with one attached hydrogen (secondary N) is 1. The van der Waals surface area contributed by atoms with Gasteiger partial charge in [-0.2, -0.15) is 0 Å². The maximum absolute atomic E-state index is 14.3. The second kappa shape index (κ2) is 6.66. The molecule has 1 unspecified atom stereocenters. The van der Waals surface area contributed by atoms with Crippen LogP contribution < -0.4 is 5.32 Å². The molecule has 0 aromatic heterocycles. The van der Waals surface area contributed by atoms with Gasteiger partial charge in [0.05, 0.1) is 0 Å². The van der Waals surface area contributed by atoms with Gasteiger partial charge in [0, 0.05) is 11.6 Å². The average Bonchev–Trinajstić information content (AvgIpc) is 2.44. The lowest BCUT2D eigenvalue weighted by molar-refractivity contribution is 0.229. The topological polar surface area (TPSA) is 12.0 Å². The first-order valence-electron chi connectivity index (χ1n) is 7.72. The van der Waals surface area contributed by atoms with Crippen molar-refractivity contribution in [3.8, 4) is 0 Å². The zero-order valence-corrected chi connectivity index (χ0v) is 12.7. The highest BCUT2D eigenvalue weighted by Gasteiger charge is 2.29. The van der Waals surface area contributed by atoms with E-state index < -0.39 is 11.6 Å². The first-order chi connectivity index (χ1) is 9.54. The minimum atomic E-state index is -0.699. The van der Waals surface area contributed by atoms with E-state index in [4.69, 9.17) is 0 Å². The highest BCUT2D eigenvalue weighted by molar-refractivity contribution is 5.28. The van der Waals surface area contributed by atoms with E-state index in [1.165, 1.54) is 12.8 Å². The van der Waals surface area contributed by atoms with Crippen molar-refractivity contribution in [2.45, 2.75) is 52.5 Å². The lowest BCUT2D eigenvalue weighted by Gasteiger charge is -2.33. The molecule has 0 heterocycles. The molecule has 112 valence electrons. The Kier molecular flexibility index (Phi) is 5.14. The fraction of sp³-hybridized carbons (Fsp3) is 0.647. The Morgan fingerprint density at radius 1 is 1.15 bits per heavy atom. The molecule has 1 aliphatic rings. The van der Waals surface area contributed by atoms with E-state index in [1.807, 2.05) is 6.92 Å². The van der Waals surface area contributed by atoms with Crippen LogP contribution >= 0.6 is 0 Å². The molecule has 1 nitrogen and oxygen atoms in total. The van der Waals surface area contributed by atoms with Crippen LogP contribution in [0.5, 0.6) is 0 Å². The van der Waals surface area contributed by atoms with Gasteiger partial charge in [-0.15, -0.1) is 0 Å². The van der Waals surface area contributed by atoms with Crippen LogP contribution in [0.15, 0.2) is 12.1 Å². The smallest absolute Gasteiger partial charge is 0.163 e. The largest absolute Gasteiger partial charge is 0.310 e. The number of aryl methyl sites for hydroxylation is 1. The number of benzene rings is 1. The van der Waals surface area contributed by atoms with Crippen molar-refractivity contribution >= 4 is 0 Å². The predicted molar refractivity (Wildman–Crippen MR) is 78.6 cm³/mol. The Morgan fingerprint density at radius 2 is 1.80 bits per heavy atom. The lowest BCUT2D eigenvalue weighted by Crippen LogP contribution is -2.31. The van der Waals surface area contributed by atoms with Crippen molar-refractivity contribution in [1.82, 2.24) is 5.32 Å². The highest BCUT2D eigenvalue weighted by Crippen LogP contribution is 2.38. The Bertz CT molecular complexity index is 451. The summed E-state index contributed by atoms with van der Waals surface area (Å²) in [6.45, 7) is 6.66. The lowest BCUT2D eigenvalue weighted by atomic mass is 9.77. The molecule has 1 aromatic rings. The summed E-state index contributed by atoms with van der Waals surface area (Å²) in [5.41, 5.74) is 0.869. The van der Waals surface area contributed by atoms with Crippen LogP contribution in [0.4, 0.5) is 8.78 Å². The van der Waals surface area contributed by atoms with Gasteiger partial charge >= 0.3 is 0 Å². The molecule has 3 heteroatoms. The molecule has 1 fully saturated rings. The molecule has 0 spiro atoms. The van der Waals surface area contributed by atoms with E-state index in [2.05, 4.69) is 12.2 Å². The van der Waals surface area contributed by atoms with E-state index in [1.54, 1.807) is 19.1 Å². The van der Waals surface area contributed by atoms with Crippen LogP contribution in [-0.2, 0) is 0 Å². The van der Waals surface area contributed by atoms with Gasteiger partial charge in [0.15, 0.2) is 11.6 Å². The Balaban J connectivity index is 2.26. The van der Waals surface area contributed by atoms with Gasteiger partial charge in [0.2, 0.25) is 0 Å². The van der Waals surface area contributed by atoms with E-state index in [9.17, 15) is 8.78 Å². The number of rotatable bonds is 4. The molecule has 1 atom stereocenters. The second-order valence-corrected chi connectivity index (χ2v) is 6.15. The molecule has 2 rings (SSSR count). The summed E-state index contributed by atoms with van der Waals surface area (Å²) < 4.78 is 28.1. The summed E-state index contributed by atoms with van der Waals surface area (Å²) in [5.74, 6) is -0.208. The second-order valence-electron chi connectivity index (χ2n) is 6.15. The number of hydrogen-bond donors (Lipinski definition) is 1. The molecule has 1 N–H and O–H groups in total. The van der Waals surface area contributed by atoms with Crippen LogP contribution in [0, 0.1) is 30.4 Å². The predicted octanol–water partition coefficient (Wildman–Crippen LogP) is 4.75. The third kappa shape index (κ3) is 3.20. The van der Waals surface area contributed by atoms with Crippen LogP contribution in [0.2, 0.25) is 0 Å². The summed E-state index contributed by atoms with van der Waals surface area (Å²) in [6.07, 6.45) is 4.55. The molecule has 0 aliphatic heterocycles. The molecule has 0 saturated heterocycles. The zero-order chi connectivity index (χ0) is 14.7. The Labute approximate surface area is 120 Å². The van der Waals surface area contributed by atoms with Gasteiger partial charge in [-0.05, 0) is 43.7 Å². The van der Waals surface area contributed by atoms with Crippen LogP contribution in [-0.4, -0.2) is 6.54 Å². The van der Waals surface area contributed by atoms with Gasteiger partial charge in [0.1, 0.15) is 0 Å². The summed E-state index contributed by atoms with van der Waals surface area (Å²) in [7, 11) is 0. The fourth-order valence-corrected chi connectivity index (χ4v) is 3.27. The summed E-state index contributed by atoms with van der Waals surface area (Å²) >= 11 is 0.